The lowest BCUT2D eigenvalue weighted by Crippen LogP contribution is -2.43. The first kappa shape index (κ1) is 10.4. The van der Waals surface area contributed by atoms with Crippen LogP contribution in [0, 0.1) is 0 Å². The van der Waals surface area contributed by atoms with E-state index in [9.17, 15) is 9.90 Å². The summed E-state index contributed by atoms with van der Waals surface area (Å²) in [6.07, 6.45) is 0. The number of nitrogens with zero attached hydrogens (tertiary/aromatic N) is 1. The Hall–Kier alpha value is -0.640. The van der Waals surface area contributed by atoms with Gasteiger partial charge in [0.25, 0.3) is 0 Å². The largest absolute Gasteiger partial charge is 0.511 e. The lowest BCUT2D eigenvalue weighted by atomic mass is 10.0. The van der Waals surface area contributed by atoms with Gasteiger partial charge in [0, 0.05) is 11.7 Å². The van der Waals surface area contributed by atoms with Crippen molar-refractivity contribution in [3.8, 4) is 0 Å². The van der Waals surface area contributed by atoms with E-state index in [-0.39, 0.29) is 22.5 Å². The number of rotatable bonds is 1. The molecule has 74 valence electrons. The highest BCUT2D eigenvalue weighted by molar-refractivity contribution is 8.00. The smallest absolute Gasteiger partial charge is 0.220 e. The molecule has 0 saturated carbocycles. The SMILES string of the molecule is C=C(O)[C@H]1N(C(C)=O)CSC1(C)C. The summed E-state index contributed by atoms with van der Waals surface area (Å²) in [4.78, 5) is 12.9. The van der Waals surface area contributed by atoms with Gasteiger partial charge in [-0.3, -0.25) is 4.79 Å². The van der Waals surface area contributed by atoms with E-state index in [1.54, 1.807) is 16.7 Å². The van der Waals surface area contributed by atoms with E-state index in [0.717, 1.165) is 0 Å². The number of carbonyl (C=O) groups excluding carboxylic acids is 1. The van der Waals surface area contributed by atoms with Gasteiger partial charge >= 0.3 is 0 Å². The molecule has 3 nitrogen and oxygen atoms in total. The molecule has 0 aromatic carbocycles. The number of amides is 1. The Balaban J connectivity index is 2.92. The molecule has 0 aromatic rings. The van der Waals surface area contributed by atoms with Crippen molar-refractivity contribution in [3.63, 3.8) is 0 Å². The standard InChI is InChI=1S/C9H15NO2S/c1-6(11)8-9(3,4)13-5-10(8)7(2)12/h8,11H,1,5H2,2-4H3/t8-/m1/s1. The second-order valence-electron chi connectivity index (χ2n) is 3.76. The van der Waals surface area contributed by atoms with Crippen molar-refractivity contribution in [3.05, 3.63) is 12.3 Å². The Labute approximate surface area is 82.8 Å². The van der Waals surface area contributed by atoms with Crippen LogP contribution in [0.15, 0.2) is 12.3 Å². The third-order valence-electron chi connectivity index (χ3n) is 2.27. The predicted octanol–water partition coefficient (Wildman–Crippen LogP) is 1.76. The highest BCUT2D eigenvalue weighted by atomic mass is 32.2. The molecule has 0 bridgehead atoms. The maximum Gasteiger partial charge on any atom is 0.220 e. The topological polar surface area (TPSA) is 40.5 Å². The van der Waals surface area contributed by atoms with Gasteiger partial charge in [-0.15, -0.1) is 11.8 Å². The first-order valence-electron chi connectivity index (χ1n) is 4.15. The van der Waals surface area contributed by atoms with Gasteiger partial charge in [-0.1, -0.05) is 6.58 Å². The molecule has 4 heteroatoms. The number of hydrogen-bond acceptors (Lipinski definition) is 3. The average Bonchev–Trinajstić information content (AvgIpc) is 2.24. The lowest BCUT2D eigenvalue weighted by molar-refractivity contribution is -0.129. The Kier molecular flexibility index (Phi) is 2.61. The van der Waals surface area contributed by atoms with Crippen LogP contribution in [0.4, 0.5) is 0 Å². The zero-order valence-corrected chi connectivity index (χ0v) is 9.02. The van der Waals surface area contributed by atoms with Crippen LogP contribution in [0.5, 0.6) is 0 Å². The number of thioether (sulfide) groups is 1. The second kappa shape index (κ2) is 3.25. The van der Waals surface area contributed by atoms with E-state index in [4.69, 9.17) is 0 Å². The summed E-state index contributed by atoms with van der Waals surface area (Å²) in [5.41, 5.74) is 0. The maximum absolute atomic E-state index is 11.2. The van der Waals surface area contributed by atoms with Crippen LogP contribution < -0.4 is 0 Å². The van der Waals surface area contributed by atoms with E-state index in [1.165, 1.54) is 6.92 Å². The van der Waals surface area contributed by atoms with Gasteiger partial charge in [-0.25, -0.2) is 0 Å². The van der Waals surface area contributed by atoms with Crippen molar-refractivity contribution < 1.29 is 9.90 Å². The van der Waals surface area contributed by atoms with Crippen LogP contribution >= 0.6 is 11.8 Å². The van der Waals surface area contributed by atoms with Crippen molar-refractivity contribution in [1.82, 2.24) is 4.90 Å². The fourth-order valence-corrected chi connectivity index (χ4v) is 2.84. The minimum atomic E-state index is -0.255. The first-order chi connectivity index (χ1) is 5.86. The van der Waals surface area contributed by atoms with Gasteiger partial charge in [0.15, 0.2) is 0 Å². The molecule has 1 atom stereocenters. The number of hydrogen-bond donors (Lipinski definition) is 1. The third-order valence-corrected chi connectivity index (χ3v) is 3.64. The minimum Gasteiger partial charge on any atom is -0.511 e. The van der Waals surface area contributed by atoms with Crippen molar-refractivity contribution in [1.29, 1.82) is 0 Å². The van der Waals surface area contributed by atoms with Gasteiger partial charge in [-0.05, 0) is 13.8 Å². The molecule has 0 aliphatic carbocycles. The van der Waals surface area contributed by atoms with E-state index in [1.807, 2.05) is 13.8 Å². The molecular weight excluding hydrogens is 186 g/mol. The molecule has 13 heavy (non-hydrogen) atoms. The summed E-state index contributed by atoms with van der Waals surface area (Å²) in [6, 6.07) is -0.255. The molecule has 0 unspecified atom stereocenters. The average molecular weight is 201 g/mol. The van der Waals surface area contributed by atoms with Crippen LogP contribution in [-0.2, 0) is 4.79 Å². The van der Waals surface area contributed by atoms with Gasteiger partial charge < -0.3 is 10.0 Å². The van der Waals surface area contributed by atoms with E-state index < -0.39 is 0 Å². The molecule has 1 amide bonds. The Bertz CT molecular complexity index is 250. The fourth-order valence-electron chi connectivity index (χ4n) is 1.62. The Morgan fingerprint density at radius 2 is 2.23 bits per heavy atom. The van der Waals surface area contributed by atoms with Gasteiger partial charge in [0.2, 0.25) is 5.91 Å². The Morgan fingerprint density at radius 3 is 2.54 bits per heavy atom. The molecule has 1 aliphatic heterocycles. The zero-order valence-electron chi connectivity index (χ0n) is 8.20. The summed E-state index contributed by atoms with van der Waals surface area (Å²) >= 11 is 1.66. The molecule has 0 aromatic heterocycles. The van der Waals surface area contributed by atoms with E-state index in [2.05, 4.69) is 6.58 Å². The Morgan fingerprint density at radius 1 is 1.69 bits per heavy atom. The lowest BCUT2D eigenvalue weighted by Gasteiger charge is -2.29. The van der Waals surface area contributed by atoms with Gasteiger partial charge in [0.05, 0.1) is 5.88 Å². The molecule has 1 rings (SSSR count). The van der Waals surface area contributed by atoms with Crippen molar-refractivity contribution >= 4 is 17.7 Å². The molecule has 1 N–H and O–H groups in total. The fraction of sp³-hybridized carbons (Fsp3) is 0.667. The second-order valence-corrected chi connectivity index (χ2v) is 5.36. The molecule has 1 heterocycles. The molecule has 1 aliphatic rings. The molecule has 1 saturated heterocycles. The van der Waals surface area contributed by atoms with Crippen LogP contribution in [0.25, 0.3) is 0 Å². The number of carbonyl (C=O) groups is 1. The summed E-state index contributed by atoms with van der Waals surface area (Å²) in [5.74, 6) is 0.690. The zero-order chi connectivity index (χ0) is 10.2. The molecular formula is C9H15NO2S. The molecule has 0 spiro atoms. The van der Waals surface area contributed by atoms with Crippen LogP contribution in [0.3, 0.4) is 0 Å². The quantitative estimate of drug-likeness (QED) is 0.657. The van der Waals surface area contributed by atoms with E-state index in [0.29, 0.717) is 5.88 Å². The molecule has 0 radical (unpaired) electrons. The summed E-state index contributed by atoms with van der Waals surface area (Å²) < 4.78 is -0.141. The monoisotopic (exact) mass is 201 g/mol. The normalized spacial score (nSPS) is 26.1. The maximum atomic E-state index is 11.2. The number of aliphatic hydroxyl groups excluding tert-OH is 1. The highest BCUT2D eigenvalue weighted by Crippen LogP contribution is 2.41. The molecule has 1 fully saturated rings. The van der Waals surface area contributed by atoms with Crippen LogP contribution in [-0.4, -0.2) is 32.6 Å². The van der Waals surface area contributed by atoms with Crippen molar-refractivity contribution in [2.75, 3.05) is 5.88 Å². The minimum absolute atomic E-state index is 0.0155. The highest BCUT2D eigenvalue weighted by Gasteiger charge is 2.44. The summed E-state index contributed by atoms with van der Waals surface area (Å²) in [7, 11) is 0. The van der Waals surface area contributed by atoms with Gasteiger partial charge in [0.1, 0.15) is 11.8 Å². The summed E-state index contributed by atoms with van der Waals surface area (Å²) in [6.45, 7) is 9.04. The van der Waals surface area contributed by atoms with Crippen LogP contribution in [0.2, 0.25) is 0 Å². The summed E-state index contributed by atoms with van der Waals surface area (Å²) in [5, 5.41) is 9.41. The number of aliphatic hydroxyl groups is 1. The van der Waals surface area contributed by atoms with Crippen LogP contribution in [0.1, 0.15) is 20.8 Å². The van der Waals surface area contributed by atoms with Crippen molar-refractivity contribution in [2.24, 2.45) is 0 Å². The first-order valence-corrected chi connectivity index (χ1v) is 5.14. The predicted molar refractivity (Wildman–Crippen MR) is 54.6 cm³/mol. The third kappa shape index (κ3) is 1.82. The van der Waals surface area contributed by atoms with Gasteiger partial charge in [-0.2, -0.15) is 0 Å². The van der Waals surface area contributed by atoms with E-state index >= 15 is 0 Å². The van der Waals surface area contributed by atoms with Crippen molar-refractivity contribution in [2.45, 2.75) is 31.6 Å².